The Balaban J connectivity index is 0.000000209. The molecule has 3 rings (SSSR count). The zero-order valence-electron chi connectivity index (χ0n) is 17.0. The molecule has 150 valence electrons. The van der Waals surface area contributed by atoms with Crippen LogP contribution in [0, 0.1) is 0 Å². The molecule has 0 saturated heterocycles. The van der Waals surface area contributed by atoms with E-state index in [2.05, 4.69) is 22.8 Å². The third-order valence-electron chi connectivity index (χ3n) is 4.70. The fourth-order valence-electron chi connectivity index (χ4n) is 3.38. The highest BCUT2D eigenvalue weighted by atomic mass is 16.5. The maximum Gasteiger partial charge on any atom is 0.221 e. The second-order valence-corrected chi connectivity index (χ2v) is 7.05. The summed E-state index contributed by atoms with van der Waals surface area (Å²) in [5, 5.41) is 5.46. The van der Waals surface area contributed by atoms with Crippen LogP contribution in [0.1, 0.15) is 57.4 Å². The summed E-state index contributed by atoms with van der Waals surface area (Å²) in [6.45, 7) is 3.01. The highest BCUT2D eigenvalue weighted by Gasteiger charge is 2.14. The van der Waals surface area contributed by atoms with Gasteiger partial charge in [0, 0.05) is 31.3 Å². The molecule has 0 aromatic heterocycles. The van der Waals surface area contributed by atoms with Crippen molar-refractivity contribution in [3.05, 3.63) is 54.1 Å². The van der Waals surface area contributed by atoms with Crippen LogP contribution in [0.15, 0.2) is 48.5 Å². The molecule has 0 aliphatic heterocycles. The third-order valence-corrected chi connectivity index (χ3v) is 4.70. The number of ether oxygens (including phenoxy) is 1. The normalized spacial score (nSPS) is 13.7. The minimum atomic E-state index is -0.0803. The van der Waals surface area contributed by atoms with E-state index in [0.717, 1.165) is 23.0 Å². The first-order valence-corrected chi connectivity index (χ1v) is 9.77. The van der Waals surface area contributed by atoms with Crippen LogP contribution in [-0.2, 0) is 9.59 Å². The molecule has 28 heavy (non-hydrogen) atoms. The fourth-order valence-corrected chi connectivity index (χ4v) is 3.38. The van der Waals surface area contributed by atoms with Crippen LogP contribution < -0.4 is 15.4 Å². The summed E-state index contributed by atoms with van der Waals surface area (Å²) in [4.78, 5) is 21.5. The molecule has 1 aliphatic carbocycles. The van der Waals surface area contributed by atoms with Crippen LogP contribution in [0.3, 0.4) is 0 Å². The highest BCUT2D eigenvalue weighted by Crippen LogP contribution is 2.32. The summed E-state index contributed by atoms with van der Waals surface area (Å²) < 4.78 is 4.99. The van der Waals surface area contributed by atoms with Gasteiger partial charge in [-0.05, 0) is 48.6 Å². The van der Waals surface area contributed by atoms with Crippen molar-refractivity contribution < 1.29 is 14.3 Å². The number of amides is 2. The lowest BCUT2D eigenvalue weighted by molar-refractivity contribution is -0.115. The van der Waals surface area contributed by atoms with Gasteiger partial charge in [-0.25, -0.2) is 0 Å². The molecule has 2 aromatic rings. The maximum atomic E-state index is 10.9. The summed E-state index contributed by atoms with van der Waals surface area (Å²) >= 11 is 0. The van der Waals surface area contributed by atoms with Crippen molar-refractivity contribution >= 4 is 23.2 Å². The average Bonchev–Trinajstić information content (AvgIpc) is 2.69. The van der Waals surface area contributed by atoms with Gasteiger partial charge >= 0.3 is 0 Å². The minimum Gasteiger partial charge on any atom is -0.497 e. The van der Waals surface area contributed by atoms with Crippen molar-refractivity contribution in [2.75, 3.05) is 17.7 Å². The van der Waals surface area contributed by atoms with Gasteiger partial charge in [-0.1, -0.05) is 37.5 Å². The summed E-state index contributed by atoms with van der Waals surface area (Å²) in [5.74, 6) is 1.38. The van der Waals surface area contributed by atoms with Crippen LogP contribution in [0.5, 0.6) is 5.75 Å². The molecule has 5 heteroatoms. The number of anilines is 2. The largest absolute Gasteiger partial charge is 0.497 e. The van der Waals surface area contributed by atoms with Crippen molar-refractivity contribution in [2.24, 2.45) is 0 Å². The Morgan fingerprint density at radius 3 is 2.04 bits per heavy atom. The SMILES string of the molecule is CC(=O)Nc1ccc(C2CCCCC2)cc1.COc1cccc(NC(C)=O)c1. The molecule has 1 fully saturated rings. The predicted octanol–water partition coefficient (Wildman–Crippen LogP) is 5.35. The van der Waals surface area contributed by atoms with E-state index in [9.17, 15) is 9.59 Å². The van der Waals surface area contributed by atoms with Gasteiger partial charge in [0.1, 0.15) is 5.75 Å². The average molecular weight is 383 g/mol. The topological polar surface area (TPSA) is 67.4 Å². The lowest BCUT2D eigenvalue weighted by Gasteiger charge is -2.22. The molecule has 1 saturated carbocycles. The van der Waals surface area contributed by atoms with Gasteiger partial charge in [-0.2, -0.15) is 0 Å². The minimum absolute atomic E-state index is 0.00887. The molecule has 2 amide bonds. The summed E-state index contributed by atoms with van der Waals surface area (Å²) in [7, 11) is 1.59. The molecule has 0 unspecified atom stereocenters. The van der Waals surface area contributed by atoms with E-state index >= 15 is 0 Å². The number of hydrogen-bond donors (Lipinski definition) is 2. The lowest BCUT2D eigenvalue weighted by atomic mass is 9.84. The van der Waals surface area contributed by atoms with Gasteiger partial charge in [-0.3, -0.25) is 9.59 Å². The number of carbonyl (C=O) groups excluding carboxylic acids is 2. The molecule has 0 spiro atoms. The van der Waals surface area contributed by atoms with Crippen LogP contribution in [0.25, 0.3) is 0 Å². The van der Waals surface area contributed by atoms with Gasteiger partial charge < -0.3 is 15.4 Å². The van der Waals surface area contributed by atoms with Gasteiger partial charge in [0.2, 0.25) is 11.8 Å². The first-order chi connectivity index (χ1) is 13.5. The number of hydrogen-bond acceptors (Lipinski definition) is 3. The zero-order valence-corrected chi connectivity index (χ0v) is 17.0. The van der Waals surface area contributed by atoms with Crippen LogP contribution in [-0.4, -0.2) is 18.9 Å². The van der Waals surface area contributed by atoms with Crippen molar-refractivity contribution in [1.82, 2.24) is 0 Å². The molecule has 5 nitrogen and oxygen atoms in total. The Kier molecular flexibility index (Phi) is 8.53. The standard InChI is InChI=1S/C14H19NO.C9H11NO2/c1-11(16)15-14-9-7-13(8-10-14)12-5-3-2-4-6-12;1-7(11)10-8-4-3-5-9(6-8)12-2/h7-10,12H,2-6H2,1H3,(H,15,16);3-6H,1-2H3,(H,10,11). The Morgan fingerprint density at radius 2 is 1.46 bits per heavy atom. The Labute approximate surface area is 167 Å². The molecular formula is C23H30N2O3. The number of carbonyl (C=O) groups is 2. The second kappa shape index (κ2) is 11.1. The van der Waals surface area contributed by atoms with Gasteiger partial charge in [-0.15, -0.1) is 0 Å². The van der Waals surface area contributed by atoms with Crippen molar-refractivity contribution in [3.63, 3.8) is 0 Å². The summed E-state index contributed by atoms with van der Waals surface area (Å²) in [6, 6.07) is 15.5. The van der Waals surface area contributed by atoms with Crippen LogP contribution >= 0.6 is 0 Å². The molecular weight excluding hydrogens is 352 g/mol. The first kappa shape index (κ1) is 21.5. The van der Waals surface area contributed by atoms with Gasteiger partial charge in [0.15, 0.2) is 0 Å². The zero-order chi connectivity index (χ0) is 20.4. The van der Waals surface area contributed by atoms with Crippen molar-refractivity contribution in [2.45, 2.75) is 51.9 Å². The molecule has 0 atom stereocenters. The second-order valence-electron chi connectivity index (χ2n) is 7.05. The Morgan fingerprint density at radius 1 is 0.857 bits per heavy atom. The molecule has 1 aliphatic rings. The number of rotatable bonds is 4. The van der Waals surface area contributed by atoms with Gasteiger partial charge in [0.25, 0.3) is 0 Å². The third kappa shape index (κ3) is 7.43. The van der Waals surface area contributed by atoms with E-state index in [4.69, 9.17) is 4.74 Å². The quantitative estimate of drug-likeness (QED) is 0.749. The molecule has 0 radical (unpaired) electrons. The van der Waals surface area contributed by atoms with E-state index in [1.165, 1.54) is 51.5 Å². The van der Waals surface area contributed by atoms with E-state index in [1.807, 2.05) is 30.3 Å². The fraction of sp³-hybridized carbons (Fsp3) is 0.391. The number of benzene rings is 2. The van der Waals surface area contributed by atoms with E-state index < -0.39 is 0 Å². The number of nitrogens with one attached hydrogen (secondary N) is 2. The first-order valence-electron chi connectivity index (χ1n) is 9.77. The molecule has 2 aromatic carbocycles. The molecule has 2 N–H and O–H groups in total. The van der Waals surface area contributed by atoms with Crippen molar-refractivity contribution in [3.8, 4) is 5.75 Å². The lowest BCUT2D eigenvalue weighted by Crippen LogP contribution is -2.07. The number of methoxy groups -OCH3 is 1. The Bertz CT molecular complexity index is 766. The van der Waals surface area contributed by atoms with E-state index in [1.54, 1.807) is 13.2 Å². The smallest absolute Gasteiger partial charge is 0.221 e. The van der Waals surface area contributed by atoms with Gasteiger partial charge in [0.05, 0.1) is 7.11 Å². The summed E-state index contributed by atoms with van der Waals surface area (Å²) in [6.07, 6.45) is 6.75. The van der Waals surface area contributed by atoms with E-state index in [-0.39, 0.29) is 11.8 Å². The molecule has 0 heterocycles. The molecule has 0 bridgehead atoms. The Hall–Kier alpha value is -2.82. The van der Waals surface area contributed by atoms with Crippen LogP contribution in [0.2, 0.25) is 0 Å². The maximum absolute atomic E-state index is 10.9. The van der Waals surface area contributed by atoms with E-state index in [0.29, 0.717) is 0 Å². The van der Waals surface area contributed by atoms with Crippen molar-refractivity contribution in [1.29, 1.82) is 0 Å². The van der Waals surface area contributed by atoms with Crippen LogP contribution in [0.4, 0.5) is 11.4 Å². The highest BCUT2D eigenvalue weighted by molar-refractivity contribution is 5.89. The summed E-state index contributed by atoms with van der Waals surface area (Å²) in [5.41, 5.74) is 3.07. The monoisotopic (exact) mass is 382 g/mol. The predicted molar refractivity (Wildman–Crippen MR) is 114 cm³/mol.